The summed E-state index contributed by atoms with van der Waals surface area (Å²) in [4.78, 5) is 8.43. The van der Waals surface area contributed by atoms with E-state index in [-0.39, 0.29) is 16.2 Å². The van der Waals surface area contributed by atoms with Crippen molar-refractivity contribution in [1.82, 2.24) is 0 Å². The van der Waals surface area contributed by atoms with Gasteiger partial charge in [-0.1, -0.05) is 127 Å². The summed E-state index contributed by atoms with van der Waals surface area (Å²) in [6.45, 7) is 22.3. The van der Waals surface area contributed by atoms with Crippen molar-refractivity contribution in [2.75, 3.05) is 0 Å². The van der Waals surface area contributed by atoms with Crippen LogP contribution in [0.2, 0.25) is 0 Å². The van der Waals surface area contributed by atoms with Crippen molar-refractivity contribution < 1.29 is 0 Å². The molecule has 154 valence electrons. The number of allylic oxidation sites excluding steroid dienone is 8. The van der Waals surface area contributed by atoms with Crippen LogP contribution in [0.15, 0.2) is 65.9 Å². The first-order chi connectivity index (χ1) is 12.8. The van der Waals surface area contributed by atoms with Gasteiger partial charge in [0.2, 0.25) is 0 Å². The second-order valence-electron chi connectivity index (χ2n) is 9.31. The third-order valence-electron chi connectivity index (χ3n) is 4.41. The van der Waals surface area contributed by atoms with E-state index in [1.54, 1.807) is 0 Å². The summed E-state index contributed by atoms with van der Waals surface area (Å²) < 4.78 is 0. The lowest BCUT2D eigenvalue weighted by Crippen LogP contribution is -2.14. The van der Waals surface area contributed by atoms with Gasteiger partial charge in [-0.05, 0) is 23.7 Å². The van der Waals surface area contributed by atoms with Crippen molar-refractivity contribution in [2.24, 2.45) is 16.2 Å². The number of thioether (sulfide) groups is 3. The third-order valence-corrected chi connectivity index (χ3v) is 7.78. The van der Waals surface area contributed by atoms with Crippen LogP contribution in [-0.4, -0.2) is 0 Å². The molecule has 0 aromatic heterocycles. The Labute approximate surface area is 186 Å². The van der Waals surface area contributed by atoms with Crippen molar-refractivity contribution in [3.8, 4) is 0 Å². The van der Waals surface area contributed by atoms with E-state index in [9.17, 15) is 0 Å². The predicted molar refractivity (Wildman–Crippen MR) is 135 cm³/mol. The SMILES string of the molecule is CC.CC1=CC(C)(C)C=C(C2=CC(C)(C)C=C(C3=CC(C)(C)C=C(C)S3)S2)S1. The molecule has 0 nitrogen and oxygen atoms in total. The van der Waals surface area contributed by atoms with Crippen molar-refractivity contribution in [3.05, 3.63) is 65.9 Å². The van der Waals surface area contributed by atoms with Gasteiger partial charge in [-0.15, -0.1) is 0 Å². The maximum absolute atomic E-state index is 2.44. The Hall–Kier alpha value is -0.510. The summed E-state index contributed by atoms with van der Waals surface area (Å²) in [6, 6.07) is 0. The van der Waals surface area contributed by atoms with Crippen LogP contribution in [0.25, 0.3) is 0 Å². The minimum Gasteiger partial charge on any atom is -0.0943 e. The first kappa shape index (κ1) is 23.8. The molecule has 0 fully saturated rings. The standard InChI is InChI=1S/C23H30S3.C2H6/c1-15-9-21(3,4)11-17(24-15)19-13-23(7,8)14-20(26-19)18-12-22(5,6)10-16(2)25-18;1-2/h9-14H,1-8H3;1-2H3. The summed E-state index contributed by atoms with van der Waals surface area (Å²) in [5.41, 5.74) is 0.312. The molecular weight excluding hydrogens is 396 g/mol. The Balaban J connectivity index is 0.00000136. The molecule has 28 heavy (non-hydrogen) atoms. The summed E-state index contributed by atoms with van der Waals surface area (Å²) in [7, 11) is 0. The fraction of sp³-hybridized carbons (Fsp3) is 0.520. The average molecular weight is 433 g/mol. The normalized spacial score (nSPS) is 25.1. The van der Waals surface area contributed by atoms with Crippen LogP contribution in [0, 0.1) is 16.2 Å². The van der Waals surface area contributed by atoms with Crippen LogP contribution in [-0.2, 0) is 0 Å². The van der Waals surface area contributed by atoms with Gasteiger partial charge in [-0.3, -0.25) is 0 Å². The zero-order valence-corrected chi connectivity index (χ0v) is 21.6. The molecule has 0 aromatic rings. The fourth-order valence-electron chi connectivity index (χ4n) is 3.65. The highest BCUT2D eigenvalue weighted by Crippen LogP contribution is 2.54. The molecule has 0 unspecified atom stereocenters. The lowest BCUT2D eigenvalue weighted by molar-refractivity contribution is 0.612. The molecule has 0 radical (unpaired) electrons. The Morgan fingerprint density at radius 1 is 0.464 bits per heavy atom. The van der Waals surface area contributed by atoms with E-state index in [0.29, 0.717) is 0 Å². The van der Waals surface area contributed by atoms with Gasteiger partial charge in [0.25, 0.3) is 0 Å². The maximum atomic E-state index is 2.44. The van der Waals surface area contributed by atoms with Crippen LogP contribution < -0.4 is 0 Å². The van der Waals surface area contributed by atoms with Crippen LogP contribution in [0.3, 0.4) is 0 Å². The van der Waals surface area contributed by atoms with E-state index in [0.717, 1.165) is 0 Å². The number of hydrogen-bond donors (Lipinski definition) is 0. The lowest BCUT2D eigenvalue weighted by Gasteiger charge is -2.32. The number of hydrogen-bond acceptors (Lipinski definition) is 3. The first-order valence-corrected chi connectivity index (χ1v) is 12.6. The molecule has 3 heterocycles. The quantitative estimate of drug-likeness (QED) is 0.426. The highest BCUT2D eigenvalue weighted by atomic mass is 32.2. The van der Waals surface area contributed by atoms with Crippen molar-refractivity contribution >= 4 is 35.3 Å². The first-order valence-electron chi connectivity index (χ1n) is 10.2. The van der Waals surface area contributed by atoms with Gasteiger partial charge >= 0.3 is 0 Å². The van der Waals surface area contributed by atoms with Crippen molar-refractivity contribution in [3.63, 3.8) is 0 Å². The van der Waals surface area contributed by atoms with Crippen LogP contribution in [0.5, 0.6) is 0 Å². The van der Waals surface area contributed by atoms with Gasteiger partial charge in [0.05, 0.1) is 0 Å². The molecule has 0 bridgehead atoms. The molecule has 0 saturated carbocycles. The highest BCUT2D eigenvalue weighted by Gasteiger charge is 2.30. The second kappa shape index (κ2) is 8.70. The van der Waals surface area contributed by atoms with Crippen molar-refractivity contribution in [2.45, 2.75) is 69.2 Å². The average Bonchev–Trinajstić information content (AvgIpc) is 2.51. The molecule has 0 spiro atoms. The Kier molecular flexibility index (Phi) is 7.38. The van der Waals surface area contributed by atoms with Crippen LogP contribution >= 0.6 is 35.3 Å². The zero-order valence-electron chi connectivity index (χ0n) is 19.2. The lowest BCUT2D eigenvalue weighted by atomic mass is 9.89. The maximum Gasteiger partial charge on any atom is 0.0227 e. The summed E-state index contributed by atoms with van der Waals surface area (Å²) in [5.74, 6) is 0. The summed E-state index contributed by atoms with van der Waals surface area (Å²) in [6.07, 6.45) is 14.5. The van der Waals surface area contributed by atoms with Gasteiger partial charge in [0.1, 0.15) is 0 Å². The molecule has 0 aliphatic carbocycles. The van der Waals surface area contributed by atoms with Crippen molar-refractivity contribution in [1.29, 1.82) is 0 Å². The van der Waals surface area contributed by atoms with Gasteiger partial charge in [0.15, 0.2) is 0 Å². The smallest absolute Gasteiger partial charge is 0.0227 e. The molecule has 3 aliphatic heterocycles. The van der Waals surface area contributed by atoms with Crippen LogP contribution in [0.4, 0.5) is 0 Å². The number of rotatable bonds is 2. The largest absolute Gasteiger partial charge is 0.0943 e. The minimum absolute atomic E-state index is 0.0666. The molecule has 3 aliphatic rings. The van der Waals surface area contributed by atoms with Gasteiger partial charge in [-0.2, -0.15) is 0 Å². The molecular formula is C25H36S3. The second-order valence-corrected chi connectivity index (χ2v) is 13.0. The van der Waals surface area contributed by atoms with Gasteiger partial charge < -0.3 is 0 Å². The Bertz CT molecular complexity index is 743. The Morgan fingerprint density at radius 3 is 1.00 bits per heavy atom. The molecule has 0 atom stereocenters. The topological polar surface area (TPSA) is 0 Å². The third kappa shape index (κ3) is 6.24. The fourth-order valence-corrected chi connectivity index (χ4v) is 7.90. The van der Waals surface area contributed by atoms with E-state index in [2.05, 4.69) is 91.8 Å². The van der Waals surface area contributed by atoms with Gasteiger partial charge in [0, 0.05) is 35.9 Å². The summed E-state index contributed by atoms with van der Waals surface area (Å²) in [5, 5.41) is 0. The van der Waals surface area contributed by atoms with E-state index >= 15 is 0 Å². The molecule has 0 saturated heterocycles. The molecule has 3 rings (SSSR count). The predicted octanol–water partition coefficient (Wildman–Crippen LogP) is 9.67. The zero-order chi connectivity index (χ0) is 21.3. The monoisotopic (exact) mass is 432 g/mol. The Morgan fingerprint density at radius 2 is 0.714 bits per heavy atom. The van der Waals surface area contributed by atoms with Gasteiger partial charge in [-0.25, -0.2) is 0 Å². The van der Waals surface area contributed by atoms with E-state index in [1.165, 1.54) is 29.4 Å². The van der Waals surface area contributed by atoms with E-state index in [1.807, 2.05) is 49.1 Å². The van der Waals surface area contributed by atoms with E-state index in [4.69, 9.17) is 0 Å². The highest BCUT2D eigenvalue weighted by molar-refractivity contribution is 8.14. The van der Waals surface area contributed by atoms with Crippen LogP contribution in [0.1, 0.15) is 69.2 Å². The molecule has 0 aromatic carbocycles. The summed E-state index contributed by atoms with van der Waals surface area (Å²) >= 11 is 5.77. The molecule has 3 heteroatoms. The molecule has 0 N–H and O–H groups in total. The van der Waals surface area contributed by atoms with E-state index < -0.39 is 0 Å². The minimum atomic E-state index is 0.0666. The molecule has 0 amide bonds.